The van der Waals surface area contributed by atoms with Crippen LogP contribution in [0.15, 0.2) is 29.2 Å². The Bertz CT molecular complexity index is 814. The Hall–Kier alpha value is -2.57. The van der Waals surface area contributed by atoms with Gasteiger partial charge in [0.2, 0.25) is 21.8 Å². The van der Waals surface area contributed by atoms with Crippen LogP contribution >= 0.6 is 0 Å². The van der Waals surface area contributed by atoms with Gasteiger partial charge in [0, 0.05) is 13.1 Å². The van der Waals surface area contributed by atoms with Gasteiger partial charge in [0.25, 0.3) is 0 Å². The molecular weight excluding hydrogens is 370 g/mol. The van der Waals surface area contributed by atoms with E-state index in [1.165, 1.54) is 23.5 Å². The van der Waals surface area contributed by atoms with E-state index in [1.54, 1.807) is 12.1 Å². The third kappa shape index (κ3) is 5.45. The van der Waals surface area contributed by atoms with Gasteiger partial charge in [-0.05, 0) is 37.1 Å². The first-order valence-electron chi connectivity index (χ1n) is 8.50. The molecule has 1 aromatic rings. The van der Waals surface area contributed by atoms with Crippen LogP contribution in [0.3, 0.4) is 0 Å². The maximum atomic E-state index is 12.8. The third-order valence-corrected chi connectivity index (χ3v) is 6.14. The molecule has 2 amide bonds. The van der Waals surface area contributed by atoms with Gasteiger partial charge in [-0.3, -0.25) is 9.59 Å². The molecule has 146 valence electrons. The molecule has 1 atom stereocenters. The van der Waals surface area contributed by atoms with Crippen molar-refractivity contribution in [3.05, 3.63) is 24.3 Å². The van der Waals surface area contributed by atoms with Crippen LogP contribution in [0.2, 0.25) is 0 Å². The predicted octanol–water partition coefficient (Wildman–Crippen LogP) is -0.0385. The highest BCUT2D eigenvalue weighted by atomic mass is 32.2. The zero-order valence-electron chi connectivity index (χ0n) is 15.1. The second-order valence-electron chi connectivity index (χ2n) is 6.08. The van der Waals surface area contributed by atoms with Gasteiger partial charge in [-0.25, -0.2) is 8.42 Å². The van der Waals surface area contributed by atoms with E-state index in [9.17, 15) is 18.0 Å². The van der Waals surface area contributed by atoms with E-state index in [1.807, 2.05) is 0 Å². The van der Waals surface area contributed by atoms with E-state index in [0.29, 0.717) is 25.1 Å². The number of hydrogen-bond donors (Lipinski definition) is 2. The number of piperidine rings is 1. The summed E-state index contributed by atoms with van der Waals surface area (Å²) in [5.41, 5.74) is 0. The van der Waals surface area contributed by atoms with Crippen molar-refractivity contribution in [3.63, 3.8) is 0 Å². The van der Waals surface area contributed by atoms with Crippen LogP contribution in [0.1, 0.15) is 12.8 Å². The van der Waals surface area contributed by atoms with Crippen molar-refractivity contribution in [2.45, 2.75) is 17.7 Å². The summed E-state index contributed by atoms with van der Waals surface area (Å²) in [6.45, 7) is 0.321. The van der Waals surface area contributed by atoms with Gasteiger partial charge in [0.15, 0.2) is 0 Å². The number of nitrogens with one attached hydrogen (secondary N) is 2. The van der Waals surface area contributed by atoms with E-state index in [4.69, 9.17) is 11.2 Å². The Kier molecular flexibility index (Phi) is 7.21. The van der Waals surface area contributed by atoms with Gasteiger partial charge >= 0.3 is 0 Å². The average Bonchev–Trinajstić information content (AvgIpc) is 2.70. The summed E-state index contributed by atoms with van der Waals surface area (Å²) in [4.78, 5) is 24.0. The van der Waals surface area contributed by atoms with Gasteiger partial charge in [-0.2, -0.15) is 4.31 Å². The quantitative estimate of drug-likeness (QED) is 0.633. The SMILES string of the molecule is C#CCNC(=O)CNC(=O)C1CCCN(S(=O)(=O)c2ccc(OC)cc2)C1. The Morgan fingerprint density at radius 1 is 1.30 bits per heavy atom. The molecule has 0 spiro atoms. The van der Waals surface area contributed by atoms with Crippen LogP contribution in [-0.4, -0.2) is 57.8 Å². The minimum absolute atomic E-state index is 0.0756. The van der Waals surface area contributed by atoms with E-state index >= 15 is 0 Å². The van der Waals surface area contributed by atoms with Gasteiger partial charge in [-0.15, -0.1) is 6.42 Å². The Labute approximate surface area is 159 Å². The van der Waals surface area contributed by atoms with Crippen molar-refractivity contribution in [2.75, 3.05) is 33.3 Å². The molecule has 1 heterocycles. The molecule has 9 heteroatoms. The molecule has 1 unspecified atom stereocenters. The van der Waals surface area contributed by atoms with Crippen LogP contribution in [0.5, 0.6) is 5.75 Å². The Balaban J connectivity index is 1.98. The van der Waals surface area contributed by atoms with E-state index in [-0.39, 0.29) is 36.3 Å². The molecule has 1 fully saturated rings. The summed E-state index contributed by atoms with van der Waals surface area (Å²) >= 11 is 0. The third-order valence-electron chi connectivity index (χ3n) is 4.26. The average molecular weight is 393 g/mol. The summed E-state index contributed by atoms with van der Waals surface area (Å²) in [6, 6.07) is 6.12. The molecule has 0 aliphatic carbocycles. The number of terminal acetylenes is 1. The van der Waals surface area contributed by atoms with E-state index in [2.05, 4.69) is 16.6 Å². The number of ether oxygens (including phenoxy) is 1. The fraction of sp³-hybridized carbons (Fsp3) is 0.444. The lowest BCUT2D eigenvalue weighted by molar-refractivity contribution is -0.129. The van der Waals surface area contributed by atoms with Crippen LogP contribution < -0.4 is 15.4 Å². The summed E-state index contributed by atoms with van der Waals surface area (Å²) < 4.78 is 32.0. The largest absolute Gasteiger partial charge is 0.497 e. The molecule has 2 rings (SSSR count). The van der Waals surface area contributed by atoms with Gasteiger partial charge in [0.05, 0.1) is 31.0 Å². The number of benzene rings is 1. The highest BCUT2D eigenvalue weighted by Gasteiger charge is 2.33. The van der Waals surface area contributed by atoms with Crippen LogP contribution in [-0.2, 0) is 19.6 Å². The van der Waals surface area contributed by atoms with Crippen LogP contribution in [0, 0.1) is 18.3 Å². The van der Waals surface area contributed by atoms with E-state index in [0.717, 1.165) is 0 Å². The zero-order valence-corrected chi connectivity index (χ0v) is 15.9. The first-order valence-corrected chi connectivity index (χ1v) is 9.94. The van der Waals surface area contributed by atoms with Gasteiger partial charge in [0.1, 0.15) is 5.75 Å². The lowest BCUT2D eigenvalue weighted by atomic mass is 9.99. The van der Waals surface area contributed by atoms with Gasteiger partial charge < -0.3 is 15.4 Å². The van der Waals surface area contributed by atoms with Crippen LogP contribution in [0.4, 0.5) is 0 Å². The van der Waals surface area contributed by atoms with Crippen molar-refractivity contribution in [3.8, 4) is 18.1 Å². The Morgan fingerprint density at radius 2 is 2.00 bits per heavy atom. The van der Waals surface area contributed by atoms with Gasteiger partial charge in [-0.1, -0.05) is 5.92 Å². The predicted molar refractivity (Wildman–Crippen MR) is 99.3 cm³/mol. The fourth-order valence-electron chi connectivity index (χ4n) is 2.80. The monoisotopic (exact) mass is 393 g/mol. The lowest BCUT2D eigenvalue weighted by Gasteiger charge is -2.31. The number of carbonyl (C=O) groups is 2. The molecule has 27 heavy (non-hydrogen) atoms. The maximum absolute atomic E-state index is 12.8. The molecule has 1 aliphatic heterocycles. The first kappa shape index (κ1) is 20.7. The number of amides is 2. The number of sulfonamides is 1. The molecule has 0 saturated carbocycles. The summed E-state index contributed by atoms with van der Waals surface area (Å²) in [5, 5.41) is 4.98. The molecule has 0 bridgehead atoms. The second kappa shape index (κ2) is 9.39. The van der Waals surface area contributed by atoms with Crippen molar-refractivity contribution < 1.29 is 22.7 Å². The Morgan fingerprint density at radius 3 is 2.63 bits per heavy atom. The molecule has 8 nitrogen and oxygen atoms in total. The molecule has 1 aromatic carbocycles. The van der Waals surface area contributed by atoms with E-state index < -0.39 is 15.9 Å². The maximum Gasteiger partial charge on any atom is 0.243 e. The summed E-state index contributed by atoms with van der Waals surface area (Å²) in [6.07, 6.45) is 6.18. The van der Waals surface area contributed by atoms with Crippen molar-refractivity contribution in [2.24, 2.45) is 5.92 Å². The normalized spacial score (nSPS) is 17.6. The number of carbonyl (C=O) groups excluding carboxylic acids is 2. The molecule has 0 radical (unpaired) electrons. The standard InChI is InChI=1S/C18H23N3O5S/c1-3-10-19-17(22)12-20-18(23)14-5-4-11-21(13-14)27(24,25)16-8-6-15(26-2)7-9-16/h1,6-9,14H,4-5,10-13H2,2H3,(H,19,22)(H,20,23). The smallest absolute Gasteiger partial charge is 0.243 e. The molecule has 0 aromatic heterocycles. The zero-order chi connectivity index (χ0) is 19.9. The highest BCUT2D eigenvalue weighted by molar-refractivity contribution is 7.89. The summed E-state index contributed by atoms with van der Waals surface area (Å²) in [5.74, 6) is 1.59. The topological polar surface area (TPSA) is 105 Å². The van der Waals surface area contributed by atoms with Crippen molar-refractivity contribution >= 4 is 21.8 Å². The number of methoxy groups -OCH3 is 1. The molecular formula is C18H23N3O5S. The first-order chi connectivity index (χ1) is 12.9. The number of rotatable bonds is 7. The number of nitrogens with zero attached hydrogens (tertiary/aromatic N) is 1. The van der Waals surface area contributed by atoms with Crippen molar-refractivity contribution in [1.29, 1.82) is 0 Å². The van der Waals surface area contributed by atoms with Crippen molar-refractivity contribution in [1.82, 2.24) is 14.9 Å². The number of hydrogen-bond acceptors (Lipinski definition) is 5. The highest BCUT2D eigenvalue weighted by Crippen LogP contribution is 2.25. The second-order valence-corrected chi connectivity index (χ2v) is 8.01. The fourth-order valence-corrected chi connectivity index (χ4v) is 4.32. The lowest BCUT2D eigenvalue weighted by Crippen LogP contribution is -2.47. The van der Waals surface area contributed by atoms with Crippen LogP contribution in [0.25, 0.3) is 0 Å². The summed E-state index contributed by atoms with van der Waals surface area (Å²) in [7, 11) is -2.20. The minimum atomic E-state index is -3.70. The minimum Gasteiger partial charge on any atom is -0.497 e. The molecule has 2 N–H and O–H groups in total. The molecule has 1 saturated heterocycles. The molecule has 1 aliphatic rings.